The van der Waals surface area contributed by atoms with E-state index in [2.05, 4.69) is 4.74 Å². The summed E-state index contributed by atoms with van der Waals surface area (Å²) in [5.41, 5.74) is 0. The van der Waals surface area contributed by atoms with E-state index in [4.69, 9.17) is 0 Å². The Kier molecular flexibility index (Phi) is 14.8. The third-order valence-corrected chi connectivity index (χ3v) is 0.235. The summed E-state index contributed by atoms with van der Waals surface area (Å²) in [6.07, 6.45) is 0.708. The van der Waals surface area contributed by atoms with E-state index in [1.165, 1.54) is 7.11 Å². The Morgan fingerprint density at radius 3 is 2.33 bits per heavy atom. The molecule has 2 radical (unpaired) electrons. The van der Waals surface area contributed by atoms with E-state index >= 15 is 0 Å². The first kappa shape index (κ1) is 9.75. The van der Waals surface area contributed by atoms with Gasteiger partial charge in [0.05, 0.1) is 0 Å². The van der Waals surface area contributed by atoms with Gasteiger partial charge in [0.15, 0.2) is 0 Å². The monoisotopic (exact) mass is 284 g/mol. The van der Waals surface area contributed by atoms with E-state index in [0.29, 0.717) is 6.29 Å². The van der Waals surface area contributed by atoms with Crippen molar-refractivity contribution in [2.45, 2.75) is 0 Å². The number of ether oxygens (including phenoxy) is 1. The molecule has 0 saturated carbocycles. The van der Waals surface area contributed by atoms with Crippen molar-refractivity contribution >= 4 is 33.6 Å². The van der Waals surface area contributed by atoms with Gasteiger partial charge in [0, 0.05) is 7.11 Å². The van der Waals surface area contributed by atoms with Gasteiger partial charge in [0.1, 0.15) is 12.9 Å². The number of hydrogen-bond donors (Lipinski definition) is 0. The van der Waals surface area contributed by atoms with Crippen LogP contribution in [0.5, 0.6) is 0 Å². The molecule has 0 saturated heterocycles. The molecular formula is C3H8O2Pb. The molecule has 0 aromatic carbocycles. The Labute approximate surface area is 57.0 Å². The Morgan fingerprint density at radius 2 is 2.33 bits per heavy atom. The van der Waals surface area contributed by atoms with E-state index < -0.39 is 0 Å². The summed E-state index contributed by atoms with van der Waals surface area (Å²) < 4.78 is 4.32. The van der Waals surface area contributed by atoms with Crippen LogP contribution < -0.4 is 0 Å². The van der Waals surface area contributed by atoms with Crippen LogP contribution in [0.3, 0.4) is 0 Å². The maximum absolute atomic E-state index is 9.28. The molecule has 2 nitrogen and oxygen atoms in total. The van der Waals surface area contributed by atoms with Crippen LogP contribution in [-0.4, -0.2) is 47.3 Å². The summed E-state index contributed by atoms with van der Waals surface area (Å²) in [6.45, 7) is 0.208. The maximum atomic E-state index is 9.28. The van der Waals surface area contributed by atoms with Crippen molar-refractivity contribution in [2.24, 2.45) is 0 Å². The van der Waals surface area contributed by atoms with E-state index in [9.17, 15) is 4.79 Å². The number of aldehydes is 1. The molecule has 0 aliphatic rings. The topological polar surface area (TPSA) is 26.3 Å². The second kappa shape index (κ2) is 9.12. The standard InChI is InChI=1S/C3H6O2.Pb.2H/c1-5-3-2-4;;;/h2H,3H2,1H3;;;. The van der Waals surface area contributed by atoms with Crippen LogP contribution in [0.15, 0.2) is 0 Å². The fourth-order valence-electron chi connectivity index (χ4n) is 0.0680. The molecule has 0 amide bonds. The SMILES string of the molecule is COCC=O.[PbH2]. The fourth-order valence-corrected chi connectivity index (χ4v) is 0.0680. The molecule has 0 unspecified atom stereocenters. The van der Waals surface area contributed by atoms with Gasteiger partial charge in [-0.15, -0.1) is 0 Å². The average molecular weight is 283 g/mol. The Hall–Kier alpha value is 0.552. The second-order valence-corrected chi connectivity index (χ2v) is 0.622. The first-order valence-corrected chi connectivity index (χ1v) is 1.34. The number of methoxy groups -OCH3 is 1. The minimum atomic E-state index is 0. The number of carbonyl (C=O) groups is 1. The first-order valence-electron chi connectivity index (χ1n) is 1.34. The van der Waals surface area contributed by atoms with E-state index in [-0.39, 0.29) is 33.9 Å². The minimum absolute atomic E-state index is 0. The van der Waals surface area contributed by atoms with Gasteiger partial charge < -0.3 is 9.53 Å². The van der Waals surface area contributed by atoms with Crippen LogP contribution in [0, 0.1) is 0 Å². The normalized spacial score (nSPS) is 6.17. The van der Waals surface area contributed by atoms with Gasteiger partial charge in [-0.2, -0.15) is 0 Å². The van der Waals surface area contributed by atoms with E-state index in [1.54, 1.807) is 0 Å². The molecule has 0 aliphatic carbocycles. The molecule has 3 heteroatoms. The van der Waals surface area contributed by atoms with Crippen LogP contribution in [-0.2, 0) is 9.53 Å². The second-order valence-electron chi connectivity index (χ2n) is 0.622. The molecular weight excluding hydrogens is 275 g/mol. The molecule has 0 spiro atoms. The van der Waals surface area contributed by atoms with Gasteiger partial charge in [0.2, 0.25) is 0 Å². The first-order chi connectivity index (χ1) is 2.41. The molecule has 6 heavy (non-hydrogen) atoms. The predicted molar refractivity (Wildman–Crippen MR) is 26.5 cm³/mol. The van der Waals surface area contributed by atoms with Gasteiger partial charge in [-0.1, -0.05) is 0 Å². The van der Waals surface area contributed by atoms with Crippen molar-refractivity contribution in [3.8, 4) is 0 Å². The molecule has 0 aromatic heterocycles. The fraction of sp³-hybridized carbons (Fsp3) is 0.667. The zero-order valence-corrected chi connectivity index (χ0v) is 9.31. The van der Waals surface area contributed by atoms with Crippen molar-refractivity contribution < 1.29 is 9.53 Å². The Balaban J connectivity index is 0. The zero-order valence-electron chi connectivity index (χ0n) is 3.81. The summed E-state index contributed by atoms with van der Waals surface area (Å²) in [5.74, 6) is 0. The van der Waals surface area contributed by atoms with Crippen molar-refractivity contribution in [1.82, 2.24) is 0 Å². The van der Waals surface area contributed by atoms with Gasteiger partial charge in [0.25, 0.3) is 0 Å². The van der Waals surface area contributed by atoms with E-state index in [1.807, 2.05) is 0 Å². The van der Waals surface area contributed by atoms with Crippen molar-refractivity contribution in [2.75, 3.05) is 13.7 Å². The number of rotatable bonds is 2. The molecule has 0 N–H and O–H groups in total. The quantitative estimate of drug-likeness (QED) is 0.476. The van der Waals surface area contributed by atoms with E-state index in [0.717, 1.165) is 0 Å². The average Bonchev–Trinajstić information content (AvgIpc) is 1.41. The van der Waals surface area contributed by atoms with Crippen LogP contribution in [0.25, 0.3) is 0 Å². The molecule has 0 rings (SSSR count). The summed E-state index contributed by atoms with van der Waals surface area (Å²) >= 11 is 0. The van der Waals surface area contributed by atoms with Gasteiger partial charge in [-0.05, 0) is 0 Å². The molecule has 0 atom stereocenters. The molecule has 0 aliphatic heterocycles. The van der Waals surface area contributed by atoms with Gasteiger partial charge in [-0.25, -0.2) is 0 Å². The predicted octanol–water partition coefficient (Wildman–Crippen LogP) is -1.08. The van der Waals surface area contributed by atoms with Crippen molar-refractivity contribution in [3.63, 3.8) is 0 Å². The molecule has 0 fully saturated rings. The number of hydrogen-bond acceptors (Lipinski definition) is 2. The van der Waals surface area contributed by atoms with Crippen LogP contribution in [0.4, 0.5) is 0 Å². The molecule has 0 aromatic rings. The van der Waals surface area contributed by atoms with Crippen molar-refractivity contribution in [1.29, 1.82) is 0 Å². The molecule has 0 bridgehead atoms. The van der Waals surface area contributed by atoms with Crippen LogP contribution in [0.1, 0.15) is 0 Å². The molecule has 36 valence electrons. The van der Waals surface area contributed by atoms with Crippen molar-refractivity contribution in [3.05, 3.63) is 0 Å². The van der Waals surface area contributed by atoms with Gasteiger partial charge in [-0.3, -0.25) is 0 Å². The van der Waals surface area contributed by atoms with Crippen LogP contribution >= 0.6 is 0 Å². The summed E-state index contributed by atoms with van der Waals surface area (Å²) in [5, 5.41) is 0. The third-order valence-electron chi connectivity index (χ3n) is 0.235. The zero-order chi connectivity index (χ0) is 4.12. The summed E-state index contributed by atoms with van der Waals surface area (Å²) in [7, 11) is 1.48. The van der Waals surface area contributed by atoms with Crippen LogP contribution in [0.2, 0.25) is 0 Å². The Bertz CT molecular complexity index is 30.0. The summed E-state index contributed by atoms with van der Waals surface area (Å²) in [4.78, 5) is 9.28. The Morgan fingerprint density at radius 1 is 1.83 bits per heavy atom. The number of carbonyl (C=O) groups excluding carboxylic acids is 1. The van der Waals surface area contributed by atoms with Gasteiger partial charge >= 0.3 is 27.3 Å². The summed E-state index contributed by atoms with van der Waals surface area (Å²) in [6, 6.07) is 0. The third kappa shape index (κ3) is 8.82. The molecule has 0 heterocycles.